The minimum absolute atomic E-state index is 0.0509. The van der Waals surface area contributed by atoms with Gasteiger partial charge in [0.25, 0.3) is 5.69 Å². The molecule has 0 aliphatic heterocycles. The van der Waals surface area contributed by atoms with Gasteiger partial charge in [0.05, 0.1) is 16.7 Å². The van der Waals surface area contributed by atoms with E-state index < -0.39 is 4.92 Å². The third-order valence-corrected chi connectivity index (χ3v) is 3.60. The topological polar surface area (TPSA) is 56.3 Å². The van der Waals surface area contributed by atoms with Crippen LogP contribution in [-0.2, 0) is 0 Å². The average molecular weight is 296 g/mol. The summed E-state index contributed by atoms with van der Waals surface area (Å²) < 4.78 is 6.00. The van der Waals surface area contributed by atoms with Gasteiger partial charge in [-0.05, 0) is 37.1 Å². The first-order chi connectivity index (χ1) is 8.02. The van der Waals surface area contributed by atoms with Crippen molar-refractivity contribution in [1.82, 2.24) is 0 Å². The normalized spacial score (nSPS) is 10.5. The highest BCUT2D eigenvalue weighted by Gasteiger charge is 2.22. The summed E-state index contributed by atoms with van der Waals surface area (Å²) in [6.45, 7) is 3.76. The van der Waals surface area contributed by atoms with Crippen molar-refractivity contribution in [3.05, 3.63) is 50.2 Å². The Kier molecular flexibility index (Phi) is 3.02. The van der Waals surface area contributed by atoms with Gasteiger partial charge in [0.15, 0.2) is 0 Å². The van der Waals surface area contributed by atoms with E-state index >= 15 is 0 Å². The van der Waals surface area contributed by atoms with Crippen LogP contribution < -0.4 is 0 Å². The van der Waals surface area contributed by atoms with Crippen molar-refractivity contribution in [2.75, 3.05) is 0 Å². The van der Waals surface area contributed by atoms with Gasteiger partial charge in [-0.3, -0.25) is 10.1 Å². The molecule has 1 aromatic heterocycles. The molecule has 0 aliphatic carbocycles. The molecule has 0 aliphatic rings. The predicted molar refractivity (Wildman–Crippen MR) is 68.0 cm³/mol. The summed E-state index contributed by atoms with van der Waals surface area (Å²) in [5.41, 5.74) is 2.42. The maximum atomic E-state index is 11.1. The third-order valence-electron chi connectivity index (χ3n) is 2.78. The first-order valence-electron chi connectivity index (χ1n) is 5.00. The molecule has 0 bridgehead atoms. The van der Waals surface area contributed by atoms with E-state index in [2.05, 4.69) is 15.9 Å². The molecule has 1 aromatic carbocycles. The summed E-state index contributed by atoms with van der Waals surface area (Å²) in [4.78, 5) is 10.7. The van der Waals surface area contributed by atoms with Crippen LogP contribution in [0.15, 0.2) is 33.4 Å². The maximum absolute atomic E-state index is 11.1. The average Bonchev–Trinajstić information content (AvgIpc) is 2.78. The first-order valence-corrected chi connectivity index (χ1v) is 5.79. The highest BCUT2D eigenvalue weighted by atomic mass is 79.9. The van der Waals surface area contributed by atoms with Crippen LogP contribution in [0, 0.1) is 24.0 Å². The highest BCUT2D eigenvalue weighted by molar-refractivity contribution is 9.10. The van der Waals surface area contributed by atoms with Crippen LogP contribution in [0.2, 0.25) is 0 Å². The minimum atomic E-state index is -0.394. The molecule has 0 amide bonds. The number of halogens is 1. The van der Waals surface area contributed by atoms with Gasteiger partial charge in [0, 0.05) is 10.5 Å². The SMILES string of the molecule is Cc1c(Br)cc([N+](=O)[O-])c(-c2ccco2)c1C. The van der Waals surface area contributed by atoms with Crippen molar-refractivity contribution < 1.29 is 9.34 Å². The molecule has 0 radical (unpaired) electrons. The number of nitrogens with zero attached hydrogens (tertiary/aromatic N) is 1. The van der Waals surface area contributed by atoms with E-state index in [1.807, 2.05) is 13.8 Å². The van der Waals surface area contributed by atoms with Crippen LogP contribution >= 0.6 is 15.9 Å². The van der Waals surface area contributed by atoms with Gasteiger partial charge in [-0.2, -0.15) is 0 Å². The van der Waals surface area contributed by atoms with Crippen molar-refractivity contribution >= 4 is 21.6 Å². The van der Waals surface area contributed by atoms with Crippen molar-refractivity contribution in [3.8, 4) is 11.3 Å². The molecule has 2 rings (SSSR count). The smallest absolute Gasteiger partial charge is 0.281 e. The molecule has 88 valence electrons. The van der Waals surface area contributed by atoms with Crippen molar-refractivity contribution in [2.24, 2.45) is 0 Å². The number of benzene rings is 1. The van der Waals surface area contributed by atoms with Gasteiger partial charge in [-0.25, -0.2) is 0 Å². The molecule has 0 spiro atoms. The zero-order chi connectivity index (χ0) is 12.6. The molecular formula is C12H10BrNO3. The van der Waals surface area contributed by atoms with Crippen LogP contribution in [-0.4, -0.2) is 4.92 Å². The minimum Gasteiger partial charge on any atom is -0.464 e. The van der Waals surface area contributed by atoms with E-state index in [0.29, 0.717) is 11.3 Å². The zero-order valence-corrected chi connectivity index (χ0v) is 10.9. The van der Waals surface area contributed by atoms with Gasteiger partial charge in [-0.1, -0.05) is 15.9 Å². The van der Waals surface area contributed by atoms with Crippen molar-refractivity contribution in [1.29, 1.82) is 0 Å². The Labute approximate surface area is 107 Å². The van der Waals surface area contributed by atoms with Gasteiger partial charge < -0.3 is 4.42 Å². The van der Waals surface area contributed by atoms with Crippen LogP contribution in [0.5, 0.6) is 0 Å². The van der Waals surface area contributed by atoms with Crippen LogP contribution in [0.3, 0.4) is 0 Å². The van der Waals surface area contributed by atoms with Crippen LogP contribution in [0.1, 0.15) is 11.1 Å². The van der Waals surface area contributed by atoms with E-state index in [1.165, 1.54) is 12.3 Å². The Morgan fingerprint density at radius 1 is 1.35 bits per heavy atom. The molecule has 0 N–H and O–H groups in total. The van der Waals surface area contributed by atoms with Gasteiger partial charge in [0.1, 0.15) is 5.76 Å². The van der Waals surface area contributed by atoms with Crippen molar-refractivity contribution in [2.45, 2.75) is 13.8 Å². The second-order valence-electron chi connectivity index (χ2n) is 3.74. The Balaban J connectivity index is 2.80. The first kappa shape index (κ1) is 11.9. The third kappa shape index (κ3) is 1.98. The molecule has 1 heterocycles. The molecule has 2 aromatic rings. The number of nitro benzene ring substituents is 1. The van der Waals surface area contributed by atoms with Crippen LogP contribution in [0.4, 0.5) is 5.69 Å². The van der Waals surface area contributed by atoms with E-state index in [4.69, 9.17) is 4.42 Å². The summed E-state index contributed by atoms with van der Waals surface area (Å²) in [6, 6.07) is 4.96. The number of hydrogen-bond acceptors (Lipinski definition) is 3. The van der Waals surface area contributed by atoms with Gasteiger partial charge in [0.2, 0.25) is 0 Å². The Bertz CT molecular complexity index is 576. The number of nitro groups is 1. The summed E-state index contributed by atoms with van der Waals surface area (Å²) in [7, 11) is 0. The van der Waals surface area contributed by atoms with Gasteiger partial charge in [-0.15, -0.1) is 0 Å². The molecule has 0 saturated heterocycles. The second-order valence-corrected chi connectivity index (χ2v) is 4.59. The van der Waals surface area contributed by atoms with Crippen LogP contribution in [0.25, 0.3) is 11.3 Å². The molecule has 4 nitrogen and oxygen atoms in total. The number of hydrogen-bond donors (Lipinski definition) is 0. The van der Waals surface area contributed by atoms with Crippen molar-refractivity contribution in [3.63, 3.8) is 0 Å². The summed E-state index contributed by atoms with van der Waals surface area (Å²) in [5.74, 6) is 0.518. The number of furan rings is 1. The largest absolute Gasteiger partial charge is 0.464 e. The van der Waals surface area contributed by atoms with Gasteiger partial charge >= 0.3 is 0 Å². The predicted octanol–water partition coefficient (Wildman–Crippen LogP) is 4.23. The van der Waals surface area contributed by atoms with E-state index in [-0.39, 0.29) is 5.69 Å². The molecule has 0 unspecified atom stereocenters. The zero-order valence-electron chi connectivity index (χ0n) is 9.36. The Morgan fingerprint density at radius 2 is 2.06 bits per heavy atom. The quantitative estimate of drug-likeness (QED) is 0.615. The molecule has 5 heteroatoms. The lowest BCUT2D eigenvalue weighted by atomic mass is 9.99. The summed E-state index contributed by atoms with van der Waals surface area (Å²) >= 11 is 3.33. The fourth-order valence-electron chi connectivity index (χ4n) is 1.74. The fraction of sp³-hybridized carbons (Fsp3) is 0.167. The van der Waals surface area contributed by atoms with E-state index in [1.54, 1.807) is 12.1 Å². The molecule has 0 fully saturated rings. The monoisotopic (exact) mass is 295 g/mol. The fourth-order valence-corrected chi connectivity index (χ4v) is 2.25. The second kappa shape index (κ2) is 4.33. The maximum Gasteiger partial charge on any atom is 0.281 e. The molecule has 17 heavy (non-hydrogen) atoms. The standard InChI is InChI=1S/C12H10BrNO3/c1-7-8(2)12(11-4-3-5-17-11)10(14(15)16)6-9(7)13/h3-6H,1-2H3. The molecule has 0 saturated carbocycles. The molecule has 0 atom stereocenters. The van der Waals surface area contributed by atoms with E-state index in [9.17, 15) is 10.1 Å². The summed E-state index contributed by atoms with van der Waals surface area (Å²) in [6.07, 6.45) is 1.51. The summed E-state index contributed by atoms with van der Waals surface area (Å²) in [5, 5.41) is 11.1. The molecular weight excluding hydrogens is 286 g/mol. The lowest BCUT2D eigenvalue weighted by Crippen LogP contribution is -1.97. The van der Waals surface area contributed by atoms with E-state index in [0.717, 1.165) is 15.6 Å². The lowest BCUT2D eigenvalue weighted by molar-refractivity contribution is -0.384. The Hall–Kier alpha value is -1.62. The highest BCUT2D eigenvalue weighted by Crippen LogP contribution is 2.38. The lowest BCUT2D eigenvalue weighted by Gasteiger charge is -2.09. The Morgan fingerprint density at radius 3 is 2.59 bits per heavy atom. The number of rotatable bonds is 2.